The summed E-state index contributed by atoms with van der Waals surface area (Å²) in [6.07, 6.45) is -2.48. The Hall–Kier alpha value is -1.71. The van der Waals surface area contributed by atoms with E-state index in [1.165, 1.54) is 11.8 Å². The lowest BCUT2D eigenvalue weighted by molar-refractivity contribution is -0.161. The predicted molar refractivity (Wildman–Crippen MR) is 64.2 cm³/mol. The van der Waals surface area contributed by atoms with Gasteiger partial charge < -0.3 is 30.9 Å². The van der Waals surface area contributed by atoms with Gasteiger partial charge in [0.05, 0.1) is 19.0 Å². The zero-order valence-electron chi connectivity index (χ0n) is 10.9. The maximum absolute atomic E-state index is 11.5. The van der Waals surface area contributed by atoms with E-state index in [-0.39, 0.29) is 18.9 Å². The summed E-state index contributed by atoms with van der Waals surface area (Å²) in [6, 6.07) is -2.43. The molecule has 0 radical (unpaired) electrons. The molecule has 0 aromatic carbocycles. The molecule has 0 bridgehead atoms. The van der Waals surface area contributed by atoms with Crippen molar-refractivity contribution >= 4 is 17.8 Å². The largest absolute Gasteiger partial charge is 0.480 e. The van der Waals surface area contributed by atoms with Gasteiger partial charge in [-0.3, -0.25) is 9.59 Å². The average molecular weight is 287 g/mol. The van der Waals surface area contributed by atoms with Crippen LogP contribution in [0.3, 0.4) is 0 Å². The molecule has 20 heavy (non-hydrogen) atoms. The van der Waals surface area contributed by atoms with Crippen LogP contribution in [0.15, 0.2) is 0 Å². The number of hydrogen-bond acceptors (Lipinski definition) is 6. The van der Waals surface area contributed by atoms with Crippen molar-refractivity contribution in [3.05, 3.63) is 0 Å². The molecule has 2 fully saturated rings. The van der Waals surface area contributed by atoms with Gasteiger partial charge in [-0.1, -0.05) is 0 Å². The second-order valence-corrected chi connectivity index (χ2v) is 4.98. The van der Waals surface area contributed by atoms with Crippen molar-refractivity contribution in [1.82, 2.24) is 10.2 Å². The molecule has 112 valence electrons. The molecule has 0 aromatic rings. The van der Waals surface area contributed by atoms with Crippen LogP contribution in [0.1, 0.15) is 13.3 Å². The van der Waals surface area contributed by atoms with Crippen molar-refractivity contribution in [2.24, 2.45) is 5.73 Å². The number of β-lactam (4-membered cyclic amide) rings is 1. The van der Waals surface area contributed by atoms with E-state index in [0.717, 1.165) is 0 Å². The van der Waals surface area contributed by atoms with Gasteiger partial charge in [0.15, 0.2) is 6.04 Å². The molecular weight excluding hydrogens is 270 g/mol. The Morgan fingerprint density at radius 1 is 1.55 bits per heavy atom. The highest BCUT2D eigenvalue weighted by molar-refractivity contribution is 5.87. The smallest absolute Gasteiger partial charge is 0.329 e. The number of carbonyl (C=O) groups is 3. The Bertz CT molecular complexity index is 440. The molecule has 2 rings (SSSR count). The zero-order valence-corrected chi connectivity index (χ0v) is 10.9. The van der Waals surface area contributed by atoms with E-state index in [1.54, 1.807) is 0 Å². The first-order valence-corrected chi connectivity index (χ1v) is 6.23. The van der Waals surface area contributed by atoms with Gasteiger partial charge in [0, 0.05) is 0 Å². The van der Waals surface area contributed by atoms with E-state index >= 15 is 0 Å². The van der Waals surface area contributed by atoms with Crippen LogP contribution in [-0.4, -0.2) is 70.0 Å². The molecule has 5 atom stereocenters. The van der Waals surface area contributed by atoms with Crippen molar-refractivity contribution in [3.63, 3.8) is 0 Å². The molecule has 9 heteroatoms. The number of aliphatic carboxylic acids is 1. The molecule has 2 saturated heterocycles. The number of amides is 2. The molecular formula is C11H17N3O6. The lowest BCUT2D eigenvalue weighted by atomic mass is 10.0. The fourth-order valence-corrected chi connectivity index (χ4v) is 2.19. The molecule has 2 heterocycles. The van der Waals surface area contributed by atoms with Gasteiger partial charge >= 0.3 is 5.97 Å². The Kier molecular flexibility index (Phi) is 3.93. The second-order valence-electron chi connectivity index (χ2n) is 4.98. The third-order valence-corrected chi connectivity index (χ3v) is 3.43. The van der Waals surface area contributed by atoms with Crippen LogP contribution in [0.5, 0.6) is 0 Å². The Morgan fingerprint density at radius 3 is 2.65 bits per heavy atom. The van der Waals surface area contributed by atoms with Crippen molar-refractivity contribution < 1.29 is 29.3 Å². The summed E-state index contributed by atoms with van der Waals surface area (Å²) in [5.41, 5.74) is 5.34. The number of carboxylic acid groups (broad SMARTS) is 1. The minimum Gasteiger partial charge on any atom is -0.480 e. The molecule has 5 N–H and O–H groups in total. The third kappa shape index (κ3) is 2.60. The molecule has 0 aliphatic carbocycles. The van der Waals surface area contributed by atoms with Gasteiger partial charge in [0.2, 0.25) is 11.8 Å². The van der Waals surface area contributed by atoms with Crippen molar-refractivity contribution in [3.8, 4) is 0 Å². The number of nitrogens with two attached hydrogens (primary N) is 1. The number of carboxylic acids is 1. The van der Waals surface area contributed by atoms with E-state index in [2.05, 4.69) is 5.32 Å². The van der Waals surface area contributed by atoms with Gasteiger partial charge in [-0.05, 0) is 6.92 Å². The molecule has 0 aromatic heterocycles. The number of fused-ring (bicyclic) bond motifs is 1. The molecule has 2 aliphatic heterocycles. The van der Waals surface area contributed by atoms with Crippen molar-refractivity contribution in [2.75, 3.05) is 6.54 Å². The summed E-state index contributed by atoms with van der Waals surface area (Å²) in [5.74, 6) is -2.18. The van der Waals surface area contributed by atoms with Gasteiger partial charge in [0.1, 0.15) is 18.4 Å². The molecule has 2 aliphatic rings. The van der Waals surface area contributed by atoms with Crippen LogP contribution in [0.25, 0.3) is 0 Å². The normalized spacial score (nSPS) is 29.1. The van der Waals surface area contributed by atoms with Gasteiger partial charge in [0.25, 0.3) is 0 Å². The summed E-state index contributed by atoms with van der Waals surface area (Å²) in [7, 11) is 0. The van der Waals surface area contributed by atoms with Gasteiger partial charge in [-0.25, -0.2) is 4.79 Å². The van der Waals surface area contributed by atoms with Gasteiger partial charge in [-0.15, -0.1) is 0 Å². The molecule has 0 saturated carbocycles. The number of nitrogens with zero attached hydrogens (tertiary/aromatic N) is 1. The Labute approximate surface area is 114 Å². The average Bonchev–Trinajstić information content (AvgIpc) is 2.71. The Balaban J connectivity index is 2.00. The highest BCUT2D eigenvalue weighted by Crippen LogP contribution is 2.30. The number of aliphatic hydroxyl groups is 1. The van der Waals surface area contributed by atoms with E-state index in [0.29, 0.717) is 0 Å². The lowest BCUT2D eigenvalue weighted by Crippen LogP contribution is -2.56. The number of carbonyl (C=O) groups excluding carboxylic acids is 2. The molecule has 2 amide bonds. The predicted octanol–water partition coefficient (Wildman–Crippen LogP) is -2.78. The number of rotatable bonds is 5. The maximum atomic E-state index is 11.5. The van der Waals surface area contributed by atoms with E-state index in [9.17, 15) is 19.5 Å². The fourth-order valence-electron chi connectivity index (χ4n) is 2.19. The SMILES string of the molecule is CC(N)C(=O)NC(C(=O)O)C(O)[C@H]1CN2C(=O)C[C@@H]2O1. The summed E-state index contributed by atoms with van der Waals surface area (Å²) in [5, 5.41) is 21.3. The molecule has 9 nitrogen and oxygen atoms in total. The van der Waals surface area contributed by atoms with Crippen LogP contribution in [0, 0.1) is 0 Å². The monoisotopic (exact) mass is 287 g/mol. The first kappa shape index (κ1) is 14.7. The van der Waals surface area contributed by atoms with Crippen LogP contribution in [0.4, 0.5) is 0 Å². The third-order valence-electron chi connectivity index (χ3n) is 3.43. The number of hydrogen-bond donors (Lipinski definition) is 4. The highest BCUT2D eigenvalue weighted by Gasteiger charge is 2.49. The Morgan fingerprint density at radius 2 is 2.20 bits per heavy atom. The number of nitrogens with one attached hydrogen (secondary N) is 1. The first-order valence-electron chi connectivity index (χ1n) is 6.23. The van der Waals surface area contributed by atoms with E-state index in [4.69, 9.17) is 15.6 Å². The number of ether oxygens (including phenoxy) is 1. The van der Waals surface area contributed by atoms with Crippen molar-refractivity contribution in [1.29, 1.82) is 0 Å². The minimum atomic E-state index is -1.53. The van der Waals surface area contributed by atoms with Crippen molar-refractivity contribution in [2.45, 2.75) is 43.9 Å². The zero-order chi connectivity index (χ0) is 15.0. The first-order chi connectivity index (χ1) is 9.31. The summed E-state index contributed by atoms with van der Waals surface area (Å²) in [6.45, 7) is 1.51. The standard InChI is InChI=1S/C11H17N3O6/c1-4(12)10(17)13-8(11(18)19)9(16)5-3-14-6(15)2-7(14)20-5/h4-5,7-9,16H,2-3,12H2,1H3,(H,13,17)(H,18,19)/t4?,5-,7+,8?,9?/m1/s1. The molecule has 0 spiro atoms. The summed E-state index contributed by atoms with van der Waals surface area (Å²) in [4.78, 5) is 35.2. The lowest BCUT2D eigenvalue weighted by Gasteiger charge is -2.31. The fraction of sp³-hybridized carbons (Fsp3) is 0.727. The van der Waals surface area contributed by atoms with E-state index in [1.807, 2.05) is 0 Å². The quantitative estimate of drug-likeness (QED) is 0.401. The van der Waals surface area contributed by atoms with Crippen LogP contribution >= 0.6 is 0 Å². The summed E-state index contributed by atoms with van der Waals surface area (Å²) >= 11 is 0. The van der Waals surface area contributed by atoms with Gasteiger partial charge in [-0.2, -0.15) is 0 Å². The number of aliphatic hydroxyl groups excluding tert-OH is 1. The van der Waals surface area contributed by atoms with Crippen LogP contribution in [-0.2, 0) is 19.1 Å². The highest BCUT2D eigenvalue weighted by atomic mass is 16.5. The second kappa shape index (κ2) is 5.35. The van der Waals surface area contributed by atoms with Crippen LogP contribution < -0.4 is 11.1 Å². The summed E-state index contributed by atoms with van der Waals surface area (Å²) < 4.78 is 5.37. The minimum absolute atomic E-state index is 0.101. The molecule has 3 unspecified atom stereocenters. The van der Waals surface area contributed by atoms with E-state index < -0.39 is 42.4 Å². The maximum Gasteiger partial charge on any atom is 0.329 e. The topological polar surface area (TPSA) is 142 Å². The van der Waals surface area contributed by atoms with Crippen LogP contribution in [0.2, 0.25) is 0 Å².